The zero-order valence-electron chi connectivity index (χ0n) is 17.2. The van der Waals surface area contributed by atoms with E-state index in [2.05, 4.69) is 15.4 Å². The predicted molar refractivity (Wildman–Crippen MR) is 117 cm³/mol. The van der Waals surface area contributed by atoms with Gasteiger partial charge in [-0.25, -0.2) is 14.5 Å². The van der Waals surface area contributed by atoms with Crippen LogP contribution in [0.25, 0.3) is 11.0 Å². The number of ether oxygens (including phenoxy) is 2. The van der Waals surface area contributed by atoms with Gasteiger partial charge in [0.25, 0.3) is 0 Å². The van der Waals surface area contributed by atoms with Crippen molar-refractivity contribution >= 4 is 22.8 Å². The van der Waals surface area contributed by atoms with Crippen molar-refractivity contribution in [3.63, 3.8) is 0 Å². The van der Waals surface area contributed by atoms with Crippen molar-refractivity contribution in [2.45, 2.75) is 13.1 Å². The number of carbonyl (C=O) groups is 1. The number of aromatic nitrogens is 3. The minimum atomic E-state index is -1.08. The summed E-state index contributed by atoms with van der Waals surface area (Å²) in [6.07, 6.45) is 0. The van der Waals surface area contributed by atoms with Crippen molar-refractivity contribution in [2.75, 3.05) is 19.5 Å². The second-order valence-electron chi connectivity index (χ2n) is 6.93. The molecule has 2 N–H and O–H groups in total. The predicted octanol–water partition coefficient (Wildman–Crippen LogP) is 3.81. The Balaban J connectivity index is 1.61. The maximum Gasteiger partial charge on any atom is 0.357 e. The fourth-order valence-electron chi connectivity index (χ4n) is 3.26. The molecule has 2 aromatic heterocycles. The van der Waals surface area contributed by atoms with Gasteiger partial charge in [-0.05, 0) is 47.5 Å². The highest BCUT2D eigenvalue weighted by atomic mass is 16.5. The minimum Gasteiger partial charge on any atom is -0.497 e. The van der Waals surface area contributed by atoms with Gasteiger partial charge in [0.15, 0.2) is 11.3 Å². The number of nitrogens with zero attached hydrogens (tertiary/aromatic N) is 3. The Kier molecular flexibility index (Phi) is 5.70. The highest BCUT2D eigenvalue weighted by molar-refractivity contribution is 6.00. The molecule has 2 aromatic carbocycles. The van der Waals surface area contributed by atoms with E-state index in [-0.39, 0.29) is 5.69 Å². The molecule has 0 saturated carbocycles. The quantitative estimate of drug-likeness (QED) is 0.449. The van der Waals surface area contributed by atoms with Crippen molar-refractivity contribution in [3.05, 3.63) is 77.5 Å². The molecule has 0 spiro atoms. The first-order valence-electron chi connectivity index (χ1n) is 9.68. The Morgan fingerprint density at radius 2 is 1.55 bits per heavy atom. The summed E-state index contributed by atoms with van der Waals surface area (Å²) < 4.78 is 12.0. The third-order valence-electron chi connectivity index (χ3n) is 4.92. The summed E-state index contributed by atoms with van der Waals surface area (Å²) in [5, 5.41) is 17.6. The van der Waals surface area contributed by atoms with E-state index in [4.69, 9.17) is 9.47 Å². The lowest BCUT2D eigenvalue weighted by molar-refractivity contribution is 0.0691. The lowest BCUT2D eigenvalue weighted by Gasteiger charge is -2.08. The first-order chi connectivity index (χ1) is 15.1. The molecule has 2 heterocycles. The summed E-state index contributed by atoms with van der Waals surface area (Å²) in [6.45, 7) is 0.962. The number of pyridine rings is 1. The van der Waals surface area contributed by atoms with Crippen LogP contribution in [0, 0.1) is 0 Å². The number of aromatic carboxylic acids is 1. The monoisotopic (exact) mass is 418 g/mol. The summed E-state index contributed by atoms with van der Waals surface area (Å²) in [5.74, 6) is 1.10. The molecule has 4 rings (SSSR count). The maximum atomic E-state index is 11.7. The highest BCUT2D eigenvalue weighted by Crippen LogP contribution is 2.22. The number of carboxylic acids is 1. The molecular formula is C23H22N4O4. The van der Waals surface area contributed by atoms with Gasteiger partial charge >= 0.3 is 5.97 Å². The second kappa shape index (κ2) is 8.74. The number of hydrogen-bond donors (Lipinski definition) is 2. The number of anilines is 1. The van der Waals surface area contributed by atoms with Crippen molar-refractivity contribution in [1.29, 1.82) is 0 Å². The molecule has 0 bridgehead atoms. The molecule has 0 amide bonds. The number of benzene rings is 2. The van der Waals surface area contributed by atoms with Crippen LogP contribution >= 0.6 is 0 Å². The molecule has 0 aliphatic rings. The average Bonchev–Trinajstić information content (AvgIpc) is 3.16. The first-order valence-corrected chi connectivity index (χ1v) is 9.68. The van der Waals surface area contributed by atoms with E-state index < -0.39 is 5.97 Å². The average molecular weight is 418 g/mol. The summed E-state index contributed by atoms with van der Waals surface area (Å²) in [5.41, 5.74) is 2.52. The van der Waals surface area contributed by atoms with E-state index in [1.54, 1.807) is 31.0 Å². The highest BCUT2D eigenvalue weighted by Gasteiger charge is 2.18. The van der Waals surface area contributed by atoms with Crippen LogP contribution in [0.2, 0.25) is 0 Å². The fourth-order valence-corrected chi connectivity index (χ4v) is 3.26. The van der Waals surface area contributed by atoms with Gasteiger partial charge in [0.05, 0.1) is 26.2 Å². The van der Waals surface area contributed by atoms with Crippen LogP contribution in [0.4, 0.5) is 5.82 Å². The van der Waals surface area contributed by atoms with Crippen LogP contribution in [0.5, 0.6) is 11.5 Å². The molecule has 0 saturated heterocycles. The number of hydrogen-bond acceptors (Lipinski definition) is 6. The molecule has 8 nitrogen and oxygen atoms in total. The number of methoxy groups -OCH3 is 2. The molecule has 0 fully saturated rings. The third-order valence-corrected chi connectivity index (χ3v) is 4.92. The van der Waals surface area contributed by atoms with Crippen LogP contribution in [0.3, 0.4) is 0 Å². The maximum absolute atomic E-state index is 11.7. The molecule has 0 aliphatic heterocycles. The SMILES string of the molecule is COc1ccc(CNc2ccc3c(C(=O)O)nn(Cc4ccc(OC)cc4)c3n2)cc1. The molecule has 158 valence electrons. The first kappa shape index (κ1) is 20.2. The van der Waals surface area contributed by atoms with Crippen LogP contribution in [-0.4, -0.2) is 40.1 Å². The van der Waals surface area contributed by atoms with Crippen molar-refractivity contribution in [3.8, 4) is 11.5 Å². The molecule has 0 aliphatic carbocycles. The van der Waals surface area contributed by atoms with Crippen molar-refractivity contribution < 1.29 is 19.4 Å². The zero-order chi connectivity index (χ0) is 21.8. The summed E-state index contributed by atoms with van der Waals surface area (Å²) >= 11 is 0. The van der Waals surface area contributed by atoms with Crippen LogP contribution < -0.4 is 14.8 Å². The normalized spacial score (nSPS) is 10.8. The van der Waals surface area contributed by atoms with Gasteiger partial charge in [-0.1, -0.05) is 24.3 Å². The molecule has 31 heavy (non-hydrogen) atoms. The Morgan fingerprint density at radius 1 is 0.935 bits per heavy atom. The Bertz CT molecular complexity index is 1200. The fraction of sp³-hybridized carbons (Fsp3) is 0.174. The van der Waals surface area contributed by atoms with Gasteiger partial charge in [0.2, 0.25) is 0 Å². The molecule has 0 unspecified atom stereocenters. The van der Waals surface area contributed by atoms with E-state index >= 15 is 0 Å². The summed E-state index contributed by atoms with van der Waals surface area (Å²) in [7, 11) is 3.24. The minimum absolute atomic E-state index is 0.0160. The topological polar surface area (TPSA) is 98.5 Å². The van der Waals surface area contributed by atoms with Crippen LogP contribution in [-0.2, 0) is 13.1 Å². The van der Waals surface area contributed by atoms with Crippen LogP contribution in [0.1, 0.15) is 21.6 Å². The van der Waals surface area contributed by atoms with Crippen molar-refractivity contribution in [1.82, 2.24) is 14.8 Å². The van der Waals surface area contributed by atoms with E-state index in [0.717, 1.165) is 22.6 Å². The van der Waals surface area contributed by atoms with Gasteiger partial charge in [-0.3, -0.25) is 0 Å². The van der Waals surface area contributed by atoms with E-state index in [0.29, 0.717) is 29.9 Å². The molecule has 0 atom stereocenters. The summed E-state index contributed by atoms with van der Waals surface area (Å²) in [6, 6.07) is 18.8. The standard InChI is InChI=1S/C23H22N4O4/c1-30-17-7-3-15(4-8-17)13-24-20-12-11-19-21(23(28)29)26-27(22(19)25-20)14-16-5-9-18(31-2)10-6-16/h3-12H,13-14H2,1-2H3,(H,24,25)(H,28,29). The Morgan fingerprint density at radius 3 is 2.13 bits per heavy atom. The molecule has 0 radical (unpaired) electrons. The largest absolute Gasteiger partial charge is 0.497 e. The van der Waals surface area contributed by atoms with Gasteiger partial charge in [0, 0.05) is 6.54 Å². The lowest BCUT2D eigenvalue weighted by Crippen LogP contribution is -2.06. The second-order valence-corrected chi connectivity index (χ2v) is 6.93. The molecule has 8 heteroatoms. The van der Waals surface area contributed by atoms with E-state index in [9.17, 15) is 9.90 Å². The summed E-state index contributed by atoms with van der Waals surface area (Å²) in [4.78, 5) is 16.3. The van der Waals surface area contributed by atoms with E-state index in [1.807, 2.05) is 48.5 Å². The smallest absolute Gasteiger partial charge is 0.357 e. The molecule has 4 aromatic rings. The van der Waals surface area contributed by atoms with Gasteiger partial charge in [-0.15, -0.1) is 0 Å². The lowest BCUT2D eigenvalue weighted by atomic mass is 10.2. The number of fused-ring (bicyclic) bond motifs is 1. The van der Waals surface area contributed by atoms with Crippen LogP contribution in [0.15, 0.2) is 60.7 Å². The number of carboxylic acid groups (broad SMARTS) is 1. The Labute approximate surface area is 179 Å². The number of nitrogens with one attached hydrogen (secondary N) is 1. The van der Waals surface area contributed by atoms with Gasteiger partial charge in [0.1, 0.15) is 17.3 Å². The molecular weight excluding hydrogens is 396 g/mol. The van der Waals surface area contributed by atoms with Gasteiger partial charge in [-0.2, -0.15) is 5.10 Å². The van der Waals surface area contributed by atoms with Crippen molar-refractivity contribution in [2.24, 2.45) is 0 Å². The number of rotatable bonds is 8. The van der Waals surface area contributed by atoms with Gasteiger partial charge < -0.3 is 19.9 Å². The Hall–Kier alpha value is -4.07. The zero-order valence-corrected chi connectivity index (χ0v) is 17.2. The third kappa shape index (κ3) is 4.42. The van der Waals surface area contributed by atoms with E-state index in [1.165, 1.54) is 0 Å².